The van der Waals surface area contributed by atoms with E-state index in [1.807, 2.05) is 24.3 Å². The molecule has 0 bridgehead atoms. The van der Waals surface area contributed by atoms with Gasteiger partial charge in [0.2, 0.25) is 0 Å². The van der Waals surface area contributed by atoms with Gasteiger partial charge < -0.3 is 30.1 Å². The molecule has 0 unspecified atom stereocenters. The largest absolute Gasteiger partial charge is 0.508 e. The average molecular weight is 592 g/mol. The summed E-state index contributed by atoms with van der Waals surface area (Å²) in [5, 5.41) is 32.6. The van der Waals surface area contributed by atoms with Crippen LogP contribution in [0.1, 0.15) is 73.8 Å². The van der Waals surface area contributed by atoms with E-state index in [9.17, 15) is 19.8 Å². The lowest BCUT2D eigenvalue weighted by Gasteiger charge is -2.14. The van der Waals surface area contributed by atoms with Crippen molar-refractivity contribution in [1.82, 2.24) is 5.32 Å². The van der Waals surface area contributed by atoms with E-state index in [0.717, 1.165) is 81.4 Å². The van der Waals surface area contributed by atoms with Gasteiger partial charge in [-0.25, -0.2) is 0 Å². The van der Waals surface area contributed by atoms with Gasteiger partial charge >= 0.3 is 11.9 Å². The van der Waals surface area contributed by atoms with Gasteiger partial charge in [-0.15, -0.1) is 0 Å². The van der Waals surface area contributed by atoms with E-state index >= 15 is 0 Å². The number of carbonyl (C=O) groups is 2. The van der Waals surface area contributed by atoms with Gasteiger partial charge in [0.25, 0.3) is 0 Å². The third-order valence-corrected chi connectivity index (χ3v) is 7.22. The van der Waals surface area contributed by atoms with Gasteiger partial charge in [-0.3, -0.25) is 9.59 Å². The van der Waals surface area contributed by atoms with Crippen molar-refractivity contribution in [1.29, 1.82) is 0 Å². The van der Waals surface area contributed by atoms with Crippen LogP contribution in [0, 0.1) is 0 Å². The zero-order valence-electron chi connectivity index (χ0n) is 25.1. The molecular weight excluding hydrogens is 546 g/mol. The highest BCUT2D eigenvalue weighted by Gasteiger charge is 2.11. The van der Waals surface area contributed by atoms with Crippen LogP contribution in [-0.2, 0) is 38.5 Å². The van der Waals surface area contributed by atoms with Crippen molar-refractivity contribution in [3.63, 3.8) is 0 Å². The number of aryl methyl sites for hydroxylation is 1. The molecule has 0 saturated heterocycles. The van der Waals surface area contributed by atoms with E-state index in [-0.39, 0.29) is 18.8 Å². The first-order chi connectivity index (χ1) is 20.8. The Morgan fingerprint density at radius 2 is 1.58 bits per heavy atom. The standard InChI is InChI=1S/C35H45NO7/c1-26(37)43-25-32-23-31(16-17-33(32)38)34(39)24-36-18-5-2-3-6-19-42-20-7-4-9-27-10-8-11-30(21-27)29-14-12-28(13-15-29)22-35(40)41/h8,10-17,21,23,34,36,38-39H,2-7,9,18-20,22,24-25H2,1H3,(H,40,41)/t34-/m0/s1. The van der Waals surface area contributed by atoms with Crippen LogP contribution in [0.4, 0.5) is 0 Å². The molecule has 0 radical (unpaired) electrons. The number of esters is 1. The quantitative estimate of drug-likeness (QED) is 0.0935. The topological polar surface area (TPSA) is 125 Å². The van der Waals surface area contributed by atoms with Crippen LogP contribution in [0.2, 0.25) is 0 Å². The highest BCUT2D eigenvalue weighted by molar-refractivity contribution is 5.71. The molecule has 4 N–H and O–H groups in total. The third-order valence-electron chi connectivity index (χ3n) is 7.22. The minimum atomic E-state index is -0.819. The number of hydrogen-bond acceptors (Lipinski definition) is 7. The monoisotopic (exact) mass is 591 g/mol. The lowest BCUT2D eigenvalue weighted by atomic mass is 9.99. The number of aromatic hydroxyl groups is 1. The number of carboxylic acid groups (broad SMARTS) is 1. The number of carboxylic acids is 1. The summed E-state index contributed by atoms with van der Waals surface area (Å²) in [5.41, 5.74) is 5.47. The Morgan fingerprint density at radius 1 is 0.837 bits per heavy atom. The summed E-state index contributed by atoms with van der Waals surface area (Å²) >= 11 is 0. The van der Waals surface area contributed by atoms with E-state index in [0.29, 0.717) is 17.7 Å². The molecule has 3 aromatic rings. The molecule has 0 aromatic heterocycles. The van der Waals surface area contributed by atoms with Gasteiger partial charge in [-0.05, 0) is 78.6 Å². The number of nitrogens with one attached hydrogen (secondary N) is 1. The van der Waals surface area contributed by atoms with E-state index < -0.39 is 18.0 Å². The van der Waals surface area contributed by atoms with Gasteiger partial charge in [-0.2, -0.15) is 0 Å². The number of phenols is 1. The zero-order valence-corrected chi connectivity index (χ0v) is 25.1. The molecule has 8 nitrogen and oxygen atoms in total. The first-order valence-corrected chi connectivity index (χ1v) is 15.1. The summed E-state index contributed by atoms with van der Waals surface area (Å²) in [6, 6.07) is 21.1. The van der Waals surface area contributed by atoms with Crippen molar-refractivity contribution in [2.45, 2.75) is 71.0 Å². The zero-order chi connectivity index (χ0) is 30.9. The van der Waals surface area contributed by atoms with Gasteiger partial charge in [0.05, 0.1) is 12.5 Å². The predicted molar refractivity (Wildman–Crippen MR) is 167 cm³/mol. The maximum atomic E-state index is 11.0. The number of benzene rings is 3. The number of phenolic OH excluding ortho intramolecular Hbond substituents is 1. The molecule has 0 aliphatic carbocycles. The summed E-state index contributed by atoms with van der Waals surface area (Å²) in [6.07, 6.45) is 6.67. The molecule has 0 aliphatic heterocycles. The van der Waals surface area contributed by atoms with Crippen LogP contribution in [-0.4, -0.2) is 53.6 Å². The minimum Gasteiger partial charge on any atom is -0.508 e. The number of rotatable bonds is 20. The third kappa shape index (κ3) is 13.0. The summed E-state index contributed by atoms with van der Waals surface area (Å²) in [4.78, 5) is 21.9. The first kappa shape index (κ1) is 33.8. The van der Waals surface area contributed by atoms with Crippen LogP contribution in [0.5, 0.6) is 5.75 Å². The van der Waals surface area contributed by atoms with Gasteiger partial charge in [0.15, 0.2) is 0 Å². The molecule has 0 amide bonds. The van der Waals surface area contributed by atoms with Gasteiger partial charge in [0, 0.05) is 32.2 Å². The molecule has 0 saturated carbocycles. The number of aliphatic carboxylic acids is 1. The second-order valence-electron chi connectivity index (χ2n) is 10.8. The molecule has 0 spiro atoms. The van der Waals surface area contributed by atoms with E-state index in [4.69, 9.17) is 14.6 Å². The molecule has 232 valence electrons. The van der Waals surface area contributed by atoms with Crippen molar-refractivity contribution >= 4 is 11.9 Å². The van der Waals surface area contributed by atoms with Crippen LogP contribution in [0.25, 0.3) is 11.1 Å². The lowest BCUT2D eigenvalue weighted by molar-refractivity contribution is -0.142. The average Bonchev–Trinajstić information content (AvgIpc) is 2.99. The van der Waals surface area contributed by atoms with Crippen molar-refractivity contribution < 1.29 is 34.4 Å². The van der Waals surface area contributed by atoms with E-state index in [1.54, 1.807) is 12.1 Å². The predicted octanol–water partition coefficient (Wildman–Crippen LogP) is 5.97. The Labute approximate surface area is 254 Å². The number of ether oxygens (including phenoxy) is 2. The Bertz CT molecular complexity index is 1280. The van der Waals surface area contributed by atoms with Crippen molar-refractivity contribution in [3.8, 4) is 16.9 Å². The van der Waals surface area contributed by atoms with Crippen molar-refractivity contribution in [3.05, 3.63) is 89.0 Å². The molecule has 0 fully saturated rings. The molecule has 43 heavy (non-hydrogen) atoms. The Hall–Kier alpha value is -3.72. The fourth-order valence-electron chi connectivity index (χ4n) is 4.80. The Morgan fingerprint density at radius 3 is 2.33 bits per heavy atom. The van der Waals surface area contributed by atoms with Crippen LogP contribution in [0.3, 0.4) is 0 Å². The normalized spacial score (nSPS) is 11.8. The van der Waals surface area contributed by atoms with Crippen molar-refractivity contribution in [2.75, 3.05) is 26.3 Å². The van der Waals surface area contributed by atoms with Gasteiger partial charge in [-0.1, -0.05) is 67.4 Å². The molecule has 0 aliphatic rings. The molecule has 8 heteroatoms. The molecule has 3 rings (SSSR count). The maximum Gasteiger partial charge on any atom is 0.307 e. The summed E-state index contributed by atoms with van der Waals surface area (Å²) in [6.45, 7) is 4.05. The number of hydrogen-bond donors (Lipinski definition) is 4. The summed E-state index contributed by atoms with van der Waals surface area (Å²) < 4.78 is 10.8. The van der Waals surface area contributed by atoms with E-state index in [2.05, 4.69) is 29.6 Å². The number of aliphatic hydroxyl groups is 1. The second-order valence-corrected chi connectivity index (χ2v) is 10.8. The van der Waals surface area contributed by atoms with Crippen LogP contribution >= 0.6 is 0 Å². The smallest absolute Gasteiger partial charge is 0.307 e. The van der Waals surface area contributed by atoms with E-state index in [1.165, 1.54) is 18.6 Å². The first-order valence-electron chi connectivity index (χ1n) is 15.1. The van der Waals surface area contributed by atoms with Gasteiger partial charge in [0.1, 0.15) is 12.4 Å². The number of aliphatic hydroxyl groups excluding tert-OH is 1. The van der Waals surface area contributed by atoms with Crippen molar-refractivity contribution in [2.24, 2.45) is 0 Å². The SMILES string of the molecule is CC(=O)OCc1cc([C@@H](O)CNCCCCCCOCCCCc2cccc(-c3ccc(CC(=O)O)cc3)c2)ccc1O. The second kappa shape index (κ2) is 18.7. The molecule has 0 heterocycles. The number of unbranched alkanes of at least 4 members (excludes halogenated alkanes) is 4. The Balaban J connectivity index is 1.19. The fraction of sp³-hybridized carbons (Fsp3) is 0.429. The maximum absolute atomic E-state index is 11.0. The molecular formula is C35H45NO7. The molecule has 3 aromatic carbocycles. The molecule has 1 atom stereocenters. The highest BCUT2D eigenvalue weighted by atomic mass is 16.5. The number of carbonyl (C=O) groups excluding carboxylic acids is 1. The summed E-state index contributed by atoms with van der Waals surface area (Å²) in [7, 11) is 0. The Kier molecular flexibility index (Phi) is 14.7. The van der Waals surface area contributed by atoms with Crippen LogP contribution < -0.4 is 5.32 Å². The highest BCUT2D eigenvalue weighted by Crippen LogP contribution is 2.24. The fourth-order valence-corrected chi connectivity index (χ4v) is 4.80. The van der Waals surface area contributed by atoms with Crippen LogP contribution in [0.15, 0.2) is 66.7 Å². The lowest BCUT2D eigenvalue weighted by Crippen LogP contribution is -2.22. The minimum absolute atomic E-state index is 0.0238. The summed E-state index contributed by atoms with van der Waals surface area (Å²) in [5.74, 6) is -1.20.